The lowest BCUT2D eigenvalue weighted by Gasteiger charge is -2.26. The molecule has 0 aromatic heterocycles. The van der Waals surface area contributed by atoms with Crippen molar-refractivity contribution in [2.24, 2.45) is 0 Å². The molecule has 2 N–H and O–H groups in total. The van der Waals surface area contributed by atoms with Gasteiger partial charge in [-0.1, -0.05) is 6.42 Å². The van der Waals surface area contributed by atoms with Crippen LogP contribution in [0.3, 0.4) is 0 Å². The van der Waals surface area contributed by atoms with E-state index in [4.69, 9.17) is 0 Å². The van der Waals surface area contributed by atoms with Crippen molar-refractivity contribution in [3.05, 3.63) is 0 Å². The second-order valence-corrected chi connectivity index (χ2v) is 5.42. The van der Waals surface area contributed by atoms with Gasteiger partial charge in [-0.2, -0.15) is 0 Å². The standard InChI is InChI=1S/C13H25N3O/c1-11(10-16-8-4-5-9-16)15-13(17)12-6-2-3-7-14-12/h11-12,14H,2-10H2,1H3,(H,15,17)/t11?,12-/m1/s1. The number of carbonyl (C=O) groups excluding carboxylic acids is 1. The van der Waals surface area contributed by atoms with Crippen LogP contribution in [-0.4, -0.2) is 49.1 Å². The van der Waals surface area contributed by atoms with Crippen LogP contribution in [0.4, 0.5) is 0 Å². The number of hydrogen-bond acceptors (Lipinski definition) is 3. The molecule has 17 heavy (non-hydrogen) atoms. The molecule has 0 radical (unpaired) electrons. The SMILES string of the molecule is CC(CN1CCCC1)NC(=O)[C@H]1CCCCN1. The fraction of sp³-hybridized carbons (Fsp3) is 0.923. The Morgan fingerprint density at radius 2 is 2.12 bits per heavy atom. The zero-order valence-corrected chi connectivity index (χ0v) is 10.9. The molecule has 1 amide bonds. The molecule has 2 aliphatic rings. The molecule has 2 fully saturated rings. The Kier molecular flexibility index (Phi) is 4.80. The summed E-state index contributed by atoms with van der Waals surface area (Å²) in [6.45, 7) is 6.49. The first-order chi connectivity index (χ1) is 8.25. The summed E-state index contributed by atoms with van der Waals surface area (Å²) >= 11 is 0. The van der Waals surface area contributed by atoms with Gasteiger partial charge in [0.1, 0.15) is 0 Å². The zero-order valence-electron chi connectivity index (χ0n) is 10.9. The van der Waals surface area contributed by atoms with Gasteiger partial charge in [0.05, 0.1) is 6.04 Å². The van der Waals surface area contributed by atoms with E-state index in [-0.39, 0.29) is 18.0 Å². The number of amides is 1. The number of nitrogens with one attached hydrogen (secondary N) is 2. The van der Waals surface area contributed by atoms with Crippen LogP contribution >= 0.6 is 0 Å². The normalized spacial score (nSPS) is 27.9. The topological polar surface area (TPSA) is 44.4 Å². The van der Waals surface area contributed by atoms with Crippen molar-refractivity contribution in [2.45, 2.75) is 51.1 Å². The number of carbonyl (C=O) groups is 1. The van der Waals surface area contributed by atoms with E-state index in [1.54, 1.807) is 0 Å². The van der Waals surface area contributed by atoms with Crippen LogP contribution in [0.2, 0.25) is 0 Å². The molecule has 2 rings (SSSR count). The molecule has 0 aliphatic carbocycles. The molecule has 0 spiro atoms. The summed E-state index contributed by atoms with van der Waals surface area (Å²) in [6.07, 6.45) is 5.98. The summed E-state index contributed by atoms with van der Waals surface area (Å²) in [6, 6.07) is 0.314. The summed E-state index contributed by atoms with van der Waals surface area (Å²) < 4.78 is 0. The van der Waals surface area contributed by atoms with E-state index in [9.17, 15) is 4.79 Å². The highest BCUT2D eigenvalue weighted by molar-refractivity contribution is 5.82. The van der Waals surface area contributed by atoms with Crippen molar-refractivity contribution in [1.82, 2.24) is 15.5 Å². The van der Waals surface area contributed by atoms with Crippen molar-refractivity contribution in [3.8, 4) is 0 Å². The first kappa shape index (κ1) is 12.8. The molecule has 0 saturated carbocycles. The van der Waals surface area contributed by atoms with Gasteiger partial charge in [-0.05, 0) is 52.2 Å². The quantitative estimate of drug-likeness (QED) is 0.760. The molecule has 98 valence electrons. The summed E-state index contributed by atoms with van der Waals surface area (Å²) in [5.74, 6) is 0.191. The fourth-order valence-corrected chi connectivity index (χ4v) is 2.82. The Morgan fingerprint density at radius 3 is 2.76 bits per heavy atom. The molecule has 2 saturated heterocycles. The Labute approximate surface area is 104 Å². The van der Waals surface area contributed by atoms with E-state index in [1.165, 1.54) is 38.8 Å². The molecule has 2 atom stereocenters. The van der Waals surface area contributed by atoms with Gasteiger partial charge in [0, 0.05) is 12.6 Å². The zero-order chi connectivity index (χ0) is 12.1. The van der Waals surface area contributed by atoms with Crippen LogP contribution < -0.4 is 10.6 Å². The van der Waals surface area contributed by atoms with E-state index < -0.39 is 0 Å². The molecule has 4 heteroatoms. The Hall–Kier alpha value is -0.610. The molecule has 0 aromatic carbocycles. The average molecular weight is 239 g/mol. The first-order valence-corrected chi connectivity index (χ1v) is 7.02. The molecule has 0 bridgehead atoms. The lowest BCUT2D eigenvalue weighted by molar-refractivity contribution is -0.124. The summed E-state index contributed by atoms with van der Waals surface area (Å²) in [5.41, 5.74) is 0. The smallest absolute Gasteiger partial charge is 0.237 e. The molecule has 0 aromatic rings. The van der Waals surface area contributed by atoms with Crippen molar-refractivity contribution >= 4 is 5.91 Å². The monoisotopic (exact) mass is 239 g/mol. The van der Waals surface area contributed by atoms with Crippen LogP contribution in [0.1, 0.15) is 39.0 Å². The van der Waals surface area contributed by atoms with Gasteiger partial charge in [-0.15, -0.1) is 0 Å². The lowest BCUT2D eigenvalue weighted by Crippen LogP contribution is -2.51. The molecule has 2 heterocycles. The molecule has 4 nitrogen and oxygen atoms in total. The van der Waals surface area contributed by atoms with Gasteiger partial charge in [0.2, 0.25) is 5.91 Å². The number of likely N-dealkylation sites (tertiary alicyclic amines) is 1. The first-order valence-electron chi connectivity index (χ1n) is 7.02. The van der Waals surface area contributed by atoms with Gasteiger partial charge < -0.3 is 15.5 Å². The largest absolute Gasteiger partial charge is 0.351 e. The van der Waals surface area contributed by atoms with Gasteiger partial charge in [0.15, 0.2) is 0 Å². The predicted molar refractivity (Wildman–Crippen MR) is 68.9 cm³/mol. The third-order valence-corrected chi connectivity index (χ3v) is 3.75. The van der Waals surface area contributed by atoms with Crippen LogP contribution in [0.5, 0.6) is 0 Å². The highest BCUT2D eigenvalue weighted by Gasteiger charge is 2.22. The molecule has 1 unspecified atom stereocenters. The van der Waals surface area contributed by atoms with E-state index in [0.29, 0.717) is 0 Å². The third kappa shape index (κ3) is 3.96. The summed E-state index contributed by atoms with van der Waals surface area (Å²) in [7, 11) is 0. The minimum absolute atomic E-state index is 0.0461. The Bertz CT molecular complexity index is 245. The Morgan fingerprint density at radius 1 is 1.35 bits per heavy atom. The van der Waals surface area contributed by atoms with Crippen LogP contribution in [0, 0.1) is 0 Å². The van der Waals surface area contributed by atoms with Gasteiger partial charge in [-0.25, -0.2) is 0 Å². The van der Waals surface area contributed by atoms with Gasteiger partial charge in [0.25, 0.3) is 0 Å². The fourth-order valence-electron chi connectivity index (χ4n) is 2.82. The second-order valence-electron chi connectivity index (χ2n) is 5.42. The van der Waals surface area contributed by atoms with Gasteiger partial charge >= 0.3 is 0 Å². The maximum atomic E-state index is 12.0. The molecular weight excluding hydrogens is 214 g/mol. The highest BCUT2D eigenvalue weighted by Crippen LogP contribution is 2.09. The van der Waals surface area contributed by atoms with Crippen LogP contribution in [0.25, 0.3) is 0 Å². The van der Waals surface area contributed by atoms with Crippen molar-refractivity contribution in [1.29, 1.82) is 0 Å². The van der Waals surface area contributed by atoms with E-state index in [1.807, 2.05) is 0 Å². The van der Waals surface area contributed by atoms with Crippen molar-refractivity contribution in [2.75, 3.05) is 26.2 Å². The summed E-state index contributed by atoms with van der Waals surface area (Å²) in [5, 5.41) is 6.43. The van der Waals surface area contributed by atoms with E-state index in [0.717, 1.165) is 19.5 Å². The third-order valence-electron chi connectivity index (χ3n) is 3.75. The molecule has 2 aliphatic heterocycles. The highest BCUT2D eigenvalue weighted by atomic mass is 16.2. The maximum Gasteiger partial charge on any atom is 0.237 e. The Balaban J connectivity index is 1.69. The summed E-state index contributed by atoms with van der Waals surface area (Å²) in [4.78, 5) is 14.4. The van der Waals surface area contributed by atoms with Crippen molar-refractivity contribution in [3.63, 3.8) is 0 Å². The lowest BCUT2D eigenvalue weighted by atomic mass is 10.0. The van der Waals surface area contributed by atoms with E-state index >= 15 is 0 Å². The number of piperidine rings is 1. The second kappa shape index (κ2) is 6.36. The molecular formula is C13H25N3O. The van der Waals surface area contributed by atoms with Crippen LogP contribution in [0.15, 0.2) is 0 Å². The number of nitrogens with zero attached hydrogens (tertiary/aromatic N) is 1. The van der Waals surface area contributed by atoms with Crippen molar-refractivity contribution < 1.29 is 4.79 Å². The van der Waals surface area contributed by atoms with Crippen LogP contribution in [-0.2, 0) is 4.79 Å². The van der Waals surface area contributed by atoms with Gasteiger partial charge in [-0.3, -0.25) is 4.79 Å². The average Bonchev–Trinajstić information content (AvgIpc) is 2.82. The predicted octanol–water partition coefficient (Wildman–Crippen LogP) is 0.729. The minimum atomic E-state index is 0.0461. The maximum absolute atomic E-state index is 12.0. The minimum Gasteiger partial charge on any atom is -0.351 e. The van der Waals surface area contributed by atoms with E-state index in [2.05, 4.69) is 22.5 Å². The number of hydrogen-bond donors (Lipinski definition) is 2. The number of rotatable bonds is 4.